The third-order valence-corrected chi connectivity index (χ3v) is 3.61. The molecule has 2 heterocycles. The zero-order valence-electron chi connectivity index (χ0n) is 13.3. The molecule has 25 heavy (non-hydrogen) atoms. The smallest absolute Gasteiger partial charge is 0.338 e. The zero-order chi connectivity index (χ0) is 17.8. The van der Waals surface area contributed by atoms with E-state index in [2.05, 4.69) is 9.97 Å². The third kappa shape index (κ3) is 3.52. The average Bonchev–Trinajstić information content (AvgIpc) is 3.16. The normalized spacial score (nSPS) is 11.7. The van der Waals surface area contributed by atoms with Crippen LogP contribution < -0.4 is 0 Å². The van der Waals surface area contributed by atoms with Gasteiger partial charge < -0.3 is 4.74 Å². The van der Waals surface area contributed by atoms with Crippen LogP contribution in [0.25, 0.3) is 5.82 Å². The summed E-state index contributed by atoms with van der Waals surface area (Å²) < 4.78 is 7.04. The van der Waals surface area contributed by atoms with Gasteiger partial charge in [-0.2, -0.15) is 0 Å². The van der Waals surface area contributed by atoms with Crippen molar-refractivity contribution in [1.29, 1.82) is 0 Å². The number of para-hydroxylation sites is 1. The molecule has 0 bridgehead atoms. The van der Waals surface area contributed by atoms with Crippen LogP contribution in [0.5, 0.6) is 0 Å². The number of hydrogen-bond donors (Lipinski definition) is 0. The Labute approximate surface area is 142 Å². The molecule has 0 spiro atoms. The molecule has 1 unspecified atom stereocenters. The van der Waals surface area contributed by atoms with Crippen LogP contribution in [0.4, 0.5) is 5.69 Å². The van der Waals surface area contributed by atoms with Crippen molar-refractivity contribution in [3.05, 3.63) is 82.6 Å². The van der Waals surface area contributed by atoms with E-state index in [1.807, 2.05) is 0 Å². The van der Waals surface area contributed by atoms with Gasteiger partial charge in [0.15, 0.2) is 0 Å². The summed E-state index contributed by atoms with van der Waals surface area (Å²) in [6.45, 7) is 1.60. The maximum atomic E-state index is 12.4. The summed E-state index contributed by atoms with van der Waals surface area (Å²) in [4.78, 5) is 31.1. The summed E-state index contributed by atoms with van der Waals surface area (Å²) in [6, 6.07) is 9.26. The van der Waals surface area contributed by atoms with Crippen LogP contribution in [-0.2, 0) is 4.74 Å². The number of rotatable bonds is 5. The maximum absolute atomic E-state index is 12.4. The Balaban J connectivity index is 1.81. The van der Waals surface area contributed by atoms with E-state index in [1.54, 1.807) is 54.5 Å². The van der Waals surface area contributed by atoms with Gasteiger partial charge in [-0.05, 0) is 25.1 Å². The number of benzene rings is 1. The van der Waals surface area contributed by atoms with Crippen LogP contribution >= 0.6 is 0 Å². The van der Waals surface area contributed by atoms with Crippen molar-refractivity contribution in [3.63, 3.8) is 0 Å². The SMILES string of the molecule is CC(OC(=O)c1ccnc(-n2ccnc2)c1)c1ccccc1[N+](=O)[O-]. The van der Waals surface area contributed by atoms with E-state index in [0.29, 0.717) is 16.9 Å². The molecule has 0 saturated heterocycles. The maximum Gasteiger partial charge on any atom is 0.338 e. The number of hydrogen-bond acceptors (Lipinski definition) is 6. The third-order valence-electron chi connectivity index (χ3n) is 3.61. The minimum atomic E-state index is -0.765. The molecule has 0 radical (unpaired) electrons. The van der Waals surface area contributed by atoms with Crippen molar-refractivity contribution >= 4 is 11.7 Å². The van der Waals surface area contributed by atoms with Crippen molar-refractivity contribution in [1.82, 2.24) is 14.5 Å². The van der Waals surface area contributed by atoms with Gasteiger partial charge in [0.05, 0.1) is 16.1 Å². The first-order chi connectivity index (χ1) is 12.1. The first kappa shape index (κ1) is 16.3. The number of carbonyl (C=O) groups excluding carboxylic acids is 1. The minimum Gasteiger partial charge on any atom is -0.454 e. The van der Waals surface area contributed by atoms with Gasteiger partial charge in [0, 0.05) is 24.7 Å². The quantitative estimate of drug-likeness (QED) is 0.402. The molecule has 8 nitrogen and oxygen atoms in total. The van der Waals surface area contributed by atoms with Gasteiger partial charge in [-0.25, -0.2) is 14.8 Å². The lowest BCUT2D eigenvalue weighted by Crippen LogP contribution is -2.11. The van der Waals surface area contributed by atoms with E-state index in [0.717, 1.165) is 0 Å². The van der Waals surface area contributed by atoms with E-state index in [4.69, 9.17) is 4.74 Å². The highest BCUT2D eigenvalue weighted by molar-refractivity contribution is 5.90. The monoisotopic (exact) mass is 338 g/mol. The Hall–Kier alpha value is -3.55. The Bertz CT molecular complexity index is 909. The highest BCUT2D eigenvalue weighted by Crippen LogP contribution is 2.27. The molecule has 1 atom stereocenters. The van der Waals surface area contributed by atoms with Crippen LogP contribution in [0, 0.1) is 10.1 Å². The van der Waals surface area contributed by atoms with E-state index >= 15 is 0 Å². The lowest BCUT2D eigenvalue weighted by atomic mass is 10.1. The fraction of sp³-hybridized carbons (Fsp3) is 0.118. The summed E-state index contributed by atoms with van der Waals surface area (Å²) in [5.41, 5.74) is 0.547. The Morgan fingerprint density at radius 2 is 2.08 bits per heavy atom. The summed E-state index contributed by atoms with van der Waals surface area (Å²) in [7, 11) is 0. The number of nitro benzene ring substituents is 1. The molecule has 126 valence electrons. The zero-order valence-corrected chi connectivity index (χ0v) is 13.3. The van der Waals surface area contributed by atoms with Crippen molar-refractivity contribution in [2.45, 2.75) is 13.0 Å². The fourth-order valence-corrected chi connectivity index (χ4v) is 2.37. The summed E-state index contributed by atoms with van der Waals surface area (Å²) >= 11 is 0. The number of aromatic nitrogens is 3. The lowest BCUT2D eigenvalue weighted by molar-refractivity contribution is -0.386. The number of nitrogens with zero attached hydrogens (tertiary/aromatic N) is 4. The number of ether oxygens (including phenoxy) is 1. The fourth-order valence-electron chi connectivity index (χ4n) is 2.37. The molecular weight excluding hydrogens is 324 g/mol. The minimum absolute atomic E-state index is 0.0865. The highest BCUT2D eigenvalue weighted by Gasteiger charge is 2.22. The molecule has 0 fully saturated rings. The van der Waals surface area contributed by atoms with Gasteiger partial charge >= 0.3 is 5.97 Å². The predicted octanol–water partition coefficient (Wildman–Crippen LogP) is 3.09. The Kier molecular flexibility index (Phi) is 4.51. The average molecular weight is 338 g/mol. The van der Waals surface area contributed by atoms with Crippen molar-refractivity contribution < 1.29 is 14.5 Å². The van der Waals surface area contributed by atoms with Crippen molar-refractivity contribution in [2.75, 3.05) is 0 Å². The summed E-state index contributed by atoms with van der Waals surface area (Å²) in [6.07, 6.45) is 5.59. The molecule has 0 amide bonds. The molecular formula is C17H14N4O4. The number of imidazole rings is 1. The van der Waals surface area contributed by atoms with Crippen LogP contribution in [-0.4, -0.2) is 25.4 Å². The Morgan fingerprint density at radius 3 is 2.80 bits per heavy atom. The van der Waals surface area contributed by atoms with Crippen molar-refractivity contribution in [2.24, 2.45) is 0 Å². The summed E-state index contributed by atoms with van der Waals surface area (Å²) in [5.74, 6) is -0.0697. The molecule has 3 rings (SSSR count). The van der Waals surface area contributed by atoms with E-state index in [1.165, 1.54) is 18.3 Å². The molecule has 1 aromatic carbocycles. The number of pyridine rings is 1. The molecule has 0 aliphatic carbocycles. The topological polar surface area (TPSA) is 100 Å². The van der Waals surface area contributed by atoms with E-state index in [-0.39, 0.29) is 5.69 Å². The van der Waals surface area contributed by atoms with Gasteiger partial charge in [0.25, 0.3) is 5.69 Å². The predicted molar refractivity (Wildman–Crippen MR) is 88.3 cm³/mol. The molecule has 0 aliphatic heterocycles. The van der Waals surface area contributed by atoms with E-state index in [9.17, 15) is 14.9 Å². The van der Waals surface area contributed by atoms with Gasteiger partial charge in [-0.1, -0.05) is 12.1 Å². The van der Waals surface area contributed by atoms with Crippen LogP contribution in [0.1, 0.15) is 28.9 Å². The van der Waals surface area contributed by atoms with Crippen LogP contribution in [0.3, 0.4) is 0 Å². The first-order valence-electron chi connectivity index (χ1n) is 7.45. The second-order valence-electron chi connectivity index (χ2n) is 5.24. The molecule has 0 saturated carbocycles. The molecule has 3 aromatic rings. The second kappa shape index (κ2) is 6.91. The largest absolute Gasteiger partial charge is 0.454 e. The van der Waals surface area contributed by atoms with Gasteiger partial charge in [-0.3, -0.25) is 14.7 Å². The Morgan fingerprint density at radius 1 is 1.28 bits per heavy atom. The van der Waals surface area contributed by atoms with Crippen molar-refractivity contribution in [3.8, 4) is 5.82 Å². The molecule has 2 aromatic heterocycles. The van der Waals surface area contributed by atoms with Crippen LogP contribution in [0.15, 0.2) is 61.3 Å². The van der Waals surface area contributed by atoms with Gasteiger partial charge in [-0.15, -0.1) is 0 Å². The van der Waals surface area contributed by atoms with E-state index < -0.39 is 17.0 Å². The molecule has 0 aliphatic rings. The summed E-state index contributed by atoms with van der Waals surface area (Å²) in [5, 5.41) is 11.1. The molecule has 0 N–H and O–H groups in total. The number of esters is 1. The number of carbonyl (C=O) groups is 1. The van der Waals surface area contributed by atoms with Crippen LogP contribution in [0.2, 0.25) is 0 Å². The first-order valence-corrected chi connectivity index (χ1v) is 7.45. The standard InChI is InChI=1S/C17H14N4O4/c1-12(14-4-2-3-5-15(14)21(23)24)25-17(22)13-6-7-19-16(10-13)20-9-8-18-11-20/h2-12H,1H3. The second-order valence-corrected chi connectivity index (χ2v) is 5.24. The lowest BCUT2D eigenvalue weighted by Gasteiger charge is -2.14. The number of nitro groups is 1. The van der Waals surface area contributed by atoms with Gasteiger partial charge in [0.2, 0.25) is 0 Å². The highest BCUT2D eigenvalue weighted by atomic mass is 16.6. The molecule has 8 heteroatoms. The van der Waals surface area contributed by atoms with Gasteiger partial charge in [0.1, 0.15) is 18.2 Å².